The fourth-order valence-corrected chi connectivity index (χ4v) is 2.77. The summed E-state index contributed by atoms with van der Waals surface area (Å²) in [6.07, 6.45) is 3.10. The Morgan fingerprint density at radius 1 is 1.09 bits per heavy atom. The molecule has 4 nitrogen and oxygen atoms in total. The van der Waals surface area contributed by atoms with E-state index < -0.39 is 0 Å². The first-order valence-electron chi connectivity index (χ1n) is 6.84. The van der Waals surface area contributed by atoms with Crippen molar-refractivity contribution in [2.24, 2.45) is 0 Å². The number of benzene rings is 2. The summed E-state index contributed by atoms with van der Waals surface area (Å²) in [6, 6.07) is 15.5. The molecule has 0 atom stereocenters. The molecule has 114 valence electrons. The highest BCUT2D eigenvalue weighted by atomic mass is 79.9. The van der Waals surface area contributed by atoms with Crippen molar-refractivity contribution in [3.05, 3.63) is 71.0 Å². The van der Waals surface area contributed by atoms with Gasteiger partial charge in [0.05, 0.1) is 5.56 Å². The van der Waals surface area contributed by atoms with Gasteiger partial charge in [-0.2, -0.15) is 0 Å². The predicted octanol–water partition coefficient (Wildman–Crippen LogP) is 4.12. The van der Waals surface area contributed by atoms with Crippen LogP contribution in [0.15, 0.2) is 65.4 Å². The number of halogens is 1. The third-order valence-electron chi connectivity index (χ3n) is 3.23. The summed E-state index contributed by atoms with van der Waals surface area (Å²) in [5, 5.41) is 8.10. The standard InChI is InChI=1S/C17H12BrN3OS/c18-13-8-12(9-19-10-13)16(22)21-17(23)20-15-7-3-5-11-4-1-2-6-14(11)15/h1-10H,(H2,20,21,22,23). The molecule has 1 amide bonds. The van der Waals surface area contributed by atoms with Crippen LogP contribution in [0.1, 0.15) is 10.4 Å². The lowest BCUT2D eigenvalue weighted by Crippen LogP contribution is -2.34. The number of rotatable bonds is 2. The fraction of sp³-hybridized carbons (Fsp3) is 0. The van der Waals surface area contributed by atoms with Crippen LogP contribution in [0, 0.1) is 0 Å². The molecule has 0 aliphatic carbocycles. The molecule has 3 aromatic rings. The maximum atomic E-state index is 12.2. The number of anilines is 1. The highest BCUT2D eigenvalue weighted by Crippen LogP contribution is 2.22. The Morgan fingerprint density at radius 2 is 1.87 bits per heavy atom. The van der Waals surface area contributed by atoms with Crippen molar-refractivity contribution in [1.29, 1.82) is 0 Å². The summed E-state index contributed by atoms with van der Waals surface area (Å²) in [5.74, 6) is -0.309. The molecule has 2 aromatic carbocycles. The van der Waals surface area contributed by atoms with E-state index in [1.54, 1.807) is 12.3 Å². The van der Waals surface area contributed by atoms with Gasteiger partial charge in [-0.15, -0.1) is 0 Å². The van der Waals surface area contributed by atoms with E-state index in [2.05, 4.69) is 31.5 Å². The Balaban J connectivity index is 1.75. The van der Waals surface area contributed by atoms with Crippen molar-refractivity contribution in [2.45, 2.75) is 0 Å². The molecule has 0 fully saturated rings. The van der Waals surface area contributed by atoms with Crippen molar-refractivity contribution in [3.8, 4) is 0 Å². The van der Waals surface area contributed by atoms with Gasteiger partial charge in [0.1, 0.15) is 0 Å². The number of hydrogen-bond acceptors (Lipinski definition) is 3. The number of aromatic nitrogens is 1. The Bertz CT molecular complexity index is 892. The Hall–Kier alpha value is -2.31. The minimum absolute atomic E-state index is 0.242. The summed E-state index contributed by atoms with van der Waals surface area (Å²) in [4.78, 5) is 16.1. The van der Waals surface area contributed by atoms with Crippen LogP contribution in [0.4, 0.5) is 5.69 Å². The van der Waals surface area contributed by atoms with E-state index in [4.69, 9.17) is 12.2 Å². The first-order valence-corrected chi connectivity index (χ1v) is 8.04. The zero-order valence-electron chi connectivity index (χ0n) is 11.9. The second kappa shape index (κ2) is 6.85. The van der Waals surface area contributed by atoms with Crippen LogP contribution in [0.3, 0.4) is 0 Å². The molecule has 0 radical (unpaired) electrons. The van der Waals surface area contributed by atoms with Crippen molar-refractivity contribution in [2.75, 3.05) is 5.32 Å². The summed E-state index contributed by atoms with van der Waals surface area (Å²) >= 11 is 8.52. The Labute approximate surface area is 147 Å². The quantitative estimate of drug-likeness (QED) is 0.651. The Morgan fingerprint density at radius 3 is 2.70 bits per heavy atom. The van der Waals surface area contributed by atoms with Gasteiger partial charge in [-0.1, -0.05) is 36.4 Å². The monoisotopic (exact) mass is 385 g/mol. The number of amides is 1. The molecule has 0 bridgehead atoms. The summed E-state index contributed by atoms with van der Waals surface area (Å²) < 4.78 is 0.734. The van der Waals surface area contributed by atoms with Crippen LogP contribution in [-0.4, -0.2) is 16.0 Å². The molecule has 1 aromatic heterocycles. The SMILES string of the molecule is O=C(NC(=S)Nc1cccc2ccccc12)c1cncc(Br)c1. The highest BCUT2D eigenvalue weighted by molar-refractivity contribution is 9.10. The minimum atomic E-state index is -0.309. The second-order valence-corrected chi connectivity index (χ2v) is 6.15. The molecule has 0 unspecified atom stereocenters. The maximum Gasteiger partial charge on any atom is 0.259 e. The first-order chi connectivity index (χ1) is 11.1. The lowest BCUT2D eigenvalue weighted by atomic mass is 10.1. The van der Waals surface area contributed by atoms with E-state index in [1.165, 1.54) is 6.20 Å². The van der Waals surface area contributed by atoms with E-state index in [0.717, 1.165) is 20.9 Å². The normalized spacial score (nSPS) is 10.3. The number of fused-ring (bicyclic) bond motifs is 1. The summed E-state index contributed by atoms with van der Waals surface area (Å²) in [7, 11) is 0. The van der Waals surface area contributed by atoms with Gasteiger partial charge in [0.25, 0.3) is 5.91 Å². The van der Waals surface area contributed by atoms with Crippen LogP contribution in [-0.2, 0) is 0 Å². The molecule has 0 saturated heterocycles. The van der Waals surface area contributed by atoms with E-state index in [0.29, 0.717) is 5.56 Å². The van der Waals surface area contributed by atoms with E-state index in [9.17, 15) is 4.79 Å². The van der Waals surface area contributed by atoms with Gasteiger partial charge >= 0.3 is 0 Å². The molecule has 6 heteroatoms. The van der Waals surface area contributed by atoms with Crippen LogP contribution >= 0.6 is 28.1 Å². The molecule has 3 rings (SSSR count). The number of thiocarbonyl (C=S) groups is 1. The van der Waals surface area contributed by atoms with Gasteiger partial charge in [0.15, 0.2) is 5.11 Å². The number of hydrogen-bond donors (Lipinski definition) is 2. The van der Waals surface area contributed by atoms with E-state index in [-0.39, 0.29) is 11.0 Å². The van der Waals surface area contributed by atoms with Gasteiger partial charge < -0.3 is 5.32 Å². The van der Waals surface area contributed by atoms with Crippen molar-refractivity contribution in [3.63, 3.8) is 0 Å². The molecule has 1 heterocycles. The van der Waals surface area contributed by atoms with E-state index >= 15 is 0 Å². The zero-order valence-corrected chi connectivity index (χ0v) is 14.3. The van der Waals surface area contributed by atoms with Crippen LogP contribution < -0.4 is 10.6 Å². The molecule has 0 aliphatic heterocycles. The molecular weight excluding hydrogens is 374 g/mol. The first kappa shape index (κ1) is 15.6. The van der Waals surface area contributed by atoms with Crippen molar-refractivity contribution < 1.29 is 4.79 Å². The Kier molecular flexibility index (Phi) is 4.64. The summed E-state index contributed by atoms with van der Waals surface area (Å²) in [6.45, 7) is 0. The number of carbonyl (C=O) groups is 1. The molecule has 0 aliphatic rings. The van der Waals surface area contributed by atoms with Gasteiger partial charge in [0.2, 0.25) is 0 Å². The van der Waals surface area contributed by atoms with Crippen LogP contribution in [0.2, 0.25) is 0 Å². The van der Waals surface area contributed by atoms with Gasteiger partial charge in [-0.05, 0) is 45.7 Å². The maximum absolute atomic E-state index is 12.2. The number of carbonyl (C=O) groups excluding carboxylic acids is 1. The van der Waals surface area contributed by atoms with Crippen LogP contribution in [0.25, 0.3) is 10.8 Å². The third-order valence-corrected chi connectivity index (χ3v) is 3.87. The third kappa shape index (κ3) is 3.72. The number of nitrogens with zero attached hydrogens (tertiary/aromatic N) is 1. The number of nitrogens with one attached hydrogen (secondary N) is 2. The molecule has 0 spiro atoms. The topological polar surface area (TPSA) is 54.0 Å². The zero-order chi connectivity index (χ0) is 16.2. The smallest absolute Gasteiger partial charge is 0.259 e. The second-order valence-electron chi connectivity index (χ2n) is 4.83. The van der Waals surface area contributed by atoms with Crippen molar-refractivity contribution >= 4 is 55.6 Å². The number of pyridine rings is 1. The lowest BCUT2D eigenvalue weighted by molar-refractivity contribution is 0.0977. The van der Waals surface area contributed by atoms with Gasteiger partial charge in [-0.25, -0.2) is 0 Å². The van der Waals surface area contributed by atoms with Crippen LogP contribution in [0.5, 0.6) is 0 Å². The molecule has 2 N–H and O–H groups in total. The highest BCUT2D eigenvalue weighted by Gasteiger charge is 2.09. The lowest BCUT2D eigenvalue weighted by Gasteiger charge is -2.11. The average molecular weight is 386 g/mol. The minimum Gasteiger partial charge on any atom is -0.332 e. The molecule has 0 saturated carbocycles. The van der Waals surface area contributed by atoms with Gasteiger partial charge in [0, 0.05) is 27.9 Å². The molecular formula is C17H12BrN3OS. The average Bonchev–Trinajstić information content (AvgIpc) is 2.55. The van der Waals surface area contributed by atoms with E-state index in [1.807, 2.05) is 42.5 Å². The predicted molar refractivity (Wildman–Crippen MR) is 99.6 cm³/mol. The largest absolute Gasteiger partial charge is 0.332 e. The van der Waals surface area contributed by atoms with Crippen molar-refractivity contribution in [1.82, 2.24) is 10.3 Å². The van der Waals surface area contributed by atoms with Gasteiger partial charge in [-0.3, -0.25) is 15.1 Å². The summed E-state index contributed by atoms with van der Waals surface area (Å²) in [5.41, 5.74) is 1.28. The molecule has 23 heavy (non-hydrogen) atoms. The fourth-order valence-electron chi connectivity index (χ4n) is 2.20.